The maximum Gasteiger partial charge on any atom is 0.433 e. The molecule has 7 heteroatoms. The first-order valence-electron chi connectivity index (χ1n) is 5.40. The molecule has 0 amide bonds. The summed E-state index contributed by atoms with van der Waals surface area (Å²) in [6.07, 6.45) is -3.39. The van der Waals surface area contributed by atoms with Crippen molar-refractivity contribution in [3.63, 3.8) is 0 Å². The molecule has 0 aliphatic heterocycles. The number of benzene rings is 1. The zero-order chi connectivity index (χ0) is 14.8. The molecule has 1 N–H and O–H groups in total. The molecule has 1 aromatic heterocycles. The summed E-state index contributed by atoms with van der Waals surface area (Å²) in [6.45, 7) is 0. The SMILES string of the molecule is N#Cc1c(Br)cccc1Nc1ccc(C(F)(F)F)nc1. The Morgan fingerprint density at radius 3 is 2.50 bits per heavy atom. The van der Waals surface area contributed by atoms with Crippen molar-refractivity contribution in [3.05, 3.63) is 52.3 Å². The van der Waals surface area contributed by atoms with Gasteiger partial charge in [-0.3, -0.25) is 0 Å². The molecule has 0 unspecified atom stereocenters. The molecule has 3 nitrogen and oxygen atoms in total. The number of nitriles is 1. The summed E-state index contributed by atoms with van der Waals surface area (Å²) < 4.78 is 37.8. The van der Waals surface area contributed by atoms with Crippen LogP contribution in [0.5, 0.6) is 0 Å². The van der Waals surface area contributed by atoms with Crippen molar-refractivity contribution in [2.75, 3.05) is 5.32 Å². The summed E-state index contributed by atoms with van der Waals surface area (Å²) in [5.41, 5.74) is 0.265. The molecular weight excluding hydrogens is 335 g/mol. The summed E-state index contributed by atoms with van der Waals surface area (Å²) in [4.78, 5) is 3.34. The van der Waals surface area contributed by atoms with E-state index in [2.05, 4.69) is 26.2 Å². The molecule has 2 rings (SSSR count). The van der Waals surface area contributed by atoms with E-state index in [0.29, 0.717) is 21.4 Å². The lowest BCUT2D eigenvalue weighted by molar-refractivity contribution is -0.141. The highest BCUT2D eigenvalue weighted by Crippen LogP contribution is 2.30. The first kappa shape index (κ1) is 14.3. The van der Waals surface area contributed by atoms with E-state index in [1.165, 1.54) is 6.07 Å². The van der Waals surface area contributed by atoms with E-state index in [1.54, 1.807) is 18.2 Å². The maximum atomic E-state index is 12.4. The fraction of sp³-hybridized carbons (Fsp3) is 0.0769. The summed E-state index contributed by atoms with van der Waals surface area (Å²) >= 11 is 3.23. The van der Waals surface area contributed by atoms with Crippen LogP contribution in [0, 0.1) is 11.3 Å². The highest BCUT2D eigenvalue weighted by molar-refractivity contribution is 9.10. The van der Waals surface area contributed by atoms with Crippen molar-refractivity contribution in [2.24, 2.45) is 0 Å². The molecule has 102 valence electrons. The average molecular weight is 342 g/mol. The van der Waals surface area contributed by atoms with Crippen LogP contribution in [0.2, 0.25) is 0 Å². The molecule has 0 atom stereocenters. The van der Waals surface area contributed by atoms with Crippen LogP contribution < -0.4 is 5.32 Å². The Hall–Kier alpha value is -2.07. The number of hydrogen-bond donors (Lipinski definition) is 1. The van der Waals surface area contributed by atoms with E-state index in [0.717, 1.165) is 12.3 Å². The van der Waals surface area contributed by atoms with E-state index in [-0.39, 0.29) is 0 Å². The van der Waals surface area contributed by atoms with Gasteiger partial charge in [0.2, 0.25) is 0 Å². The molecule has 1 heterocycles. The van der Waals surface area contributed by atoms with E-state index in [1.807, 2.05) is 6.07 Å². The van der Waals surface area contributed by atoms with Crippen LogP contribution in [0.3, 0.4) is 0 Å². The summed E-state index contributed by atoms with van der Waals surface area (Å²) in [5, 5.41) is 11.9. The van der Waals surface area contributed by atoms with Gasteiger partial charge < -0.3 is 5.32 Å². The molecule has 0 radical (unpaired) electrons. The van der Waals surface area contributed by atoms with Gasteiger partial charge in [0.15, 0.2) is 0 Å². The number of alkyl halides is 3. The molecule has 1 aromatic carbocycles. The number of rotatable bonds is 2. The molecule has 2 aromatic rings. The minimum atomic E-state index is -4.47. The van der Waals surface area contributed by atoms with Crippen molar-refractivity contribution in [1.29, 1.82) is 5.26 Å². The smallest absolute Gasteiger partial charge is 0.353 e. The Labute approximate surface area is 121 Å². The topological polar surface area (TPSA) is 48.7 Å². The molecule has 0 aliphatic carbocycles. The van der Waals surface area contributed by atoms with Gasteiger partial charge in [0.1, 0.15) is 11.8 Å². The van der Waals surface area contributed by atoms with Gasteiger partial charge in [0.05, 0.1) is 23.1 Å². The van der Waals surface area contributed by atoms with Crippen LogP contribution in [0.4, 0.5) is 24.5 Å². The van der Waals surface area contributed by atoms with E-state index in [4.69, 9.17) is 5.26 Å². The quantitative estimate of drug-likeness (QED) is 0.876. The number of pyridine rings is 1. The summed E-state index contributed by atoms with van der Waals surface area (Å²) in [5.74, 6) is 0. The van der Waals surface area contributed by atoms with Gasteiger partial charge in [-0.25, -0.2) is 4.98 Å². The van der Waals surface area contributed by atoms with Gasteiger partial charge in [0.25, 0.3) is 0 Å². The third-order valence-electron chi connectivity index (χ3n) is 2.46. The number of hydrogen-bond acceptors (Lipinski definition) is 3. The Morgan fingerprint density at radius 1 is 1.20 bits per heavy atom. The Balaban J connectivity index is 2.28. The van der Waals surface area contributed by atoms with E-state index >= 15 is 0 Å². The van der Waals surface area contributed by atoms with Gasteiger partial charge in [-0.1, -0.05) is 6.07 Å². The zero-order valence-corrected chi connectivity index (χ0v) is 11.5. The van der Waals surface area contributed by atoms with Gasteiger partial charge in [-0.15, -0.1) is 0 Å². The molecule has 0 bridgehead atoms. The molecule has 0 aliphatic rings. The second-order valence-corrected chi connectivity index (χ2v) is 4.68. The summed E-state index contributed by atoms with van der Waals surface area (Å²) in [7, 11) is 0. The largest absolute Gasteiger partial charge is 0.433 e. The minimum absolute atomic E-state index is 0.368. The Bertz CT molecular complexity index is 660. The predicted octanol–water partition coefficient (Wildman–Crippen LogP) is 4.48. The highest BCUT2D eigenvalue weighted by Gasteiger charge is 2.32. The lowest BCUT2D eigenvalue weighted by Crippen LogP contribution is -2.07. The fourth-order valence-electron chi connectivity index (χ4n) is 1.53. The van der Waals surface area contributed by atoms with Gasteiger partial charge in [-0.2, -0.15) is 18.4 Å². The van der Waals surface area contributed by atoms with Crippen LogP contribution >= 0.6 is 15.9 Å². The van der Waals surface area contributed by atoms with Crippen LogP contribution in [0.25, 0.3) is 0 Å². The fourth-order valence-corrected chi connectivity index (χ4v) is 1.99. The minimum Gasteiger partial charge on any atom is -0.353 e. The zero-order valence-electron chi connectivity index (χ0n) is 9.87. The van der Waals surface area contributed by atoms with Crippen molar-refractivity contribution < 1.29 is 13.2 Å². The lowest BCUT2D eigenvalue weighted by Gasteiger charge is -2.10. The Kier molecular flexibility index (Phi) is 3.95. The van der Waals surface area contributed by atoms with Crippen molar-refractivity contribution >= 4 is 27.3 Å². The molecule has 0 spiro atoms. The lowest BCUT2D eigenvalue weighted by atomic mass is 10.2. The number of anilines is 2. The van der Waals surface area contributed by atoms with Gasteiger partial charge in [-0.05, 0) is 40.2 Å². The predicted molar refractivity (Wildman–Crippen MR) is 71.4 cm³/mol. The standard InChI is InChI=1S/C13H7BrF3N3/c14-10-2-1-3-11(9(10)6-18)20-8-4-5-12(19-7-8)13(15,16)17/h1-5,7,20H. The molecule has 0 saturated carbocycles. The third-order valence-corrected chi connectivity index (χ3v) is 3.12. The number of aromatic nitrogens is 1. The monoisotopic (exact) mass is 341 g/mol. The van der Waals surface area contributed by atoms with Crippen molar-refractivity contribution in [2.45, 2.75) is 6.18 Å². The number of nitrogens with zero attached hydrogens (tertiary/aromatic N) is 2. The number of nitrogens with one attached hydrogen (secondary N) is 1. The van der Waals surface area contributed by atoms with E-state index < -0.39 is 11.9 Å². The normalized spacial score (nSPS) is 10.9. The van der Waals surface area contributed by atoms with Crippen LogP contribution in [0.1, 0.15) is 11.3 Å². The Morgan fingerprint density at radius 2 is 1.95 bits per heavy atom. The third kappa shape index (κ3) is 3.08. The highest BCUT2D eigenvalue weighted by atomic mass is 79.9. The molecule has 20 heavy (non-hydrogen) atoms. The second-order valence-electron chi connectivity index (χ2n) is 3.83. The van der Waals surface area contributed by atoms with Crippen molar-refractivity contribution in [3.8, 4) is 6.07 Å². The van der Waals surface area contributed by atoms with Gasteiger partial charge >= 0.3 is 6.18 Å². The van der Waals surface area contributed by atoms with Gasteiger partial charge in [0, 0.05) is 4.47 Å². The molecule has 0 saturated heterocycles. The van der Waals surface area contributed by atoms with Crippen LogP contribution in [-0.2, 0) is 6.18 Å². The molecule has 0 fully saturated rings. The van der Waals surface area contributed by atoms with Crippen molar-refractivity contribution in [1.82, 2.24) is 4.98 Å². The number of halogens is 4. The molecular formula is C13H7BrF3N3. The maximum absolute atomic E-state index is 12.4. The van der Waals surface area contributed by atoms with Crippen LogP contribution in [0.15, 0.2) is 41.0 Å². The first-order chi connectivity index (χ1) is 9.41. The van der Waals surface area contributed by atoms with E-state index in [9.17, 15) is 13.2 Å². The average Bonchev–Trinajstić information content (AvgIpc) is 2.38. The second kappa shape index (κ2) is 5.51. The first-order valence-corrected chi connectivity index (χ1v) is 6.20. The van der Waals surface area contributed by atoms with Crippen LogP contribution in [-0.4, -0.2) is 4.98 Å². The summed E-state index contributed by atoms with van der Waals surface area (Å²) in [6, 6.07) is 9.22.